The maximum absolute atomic E-state index is 4.55. The van der Waals surface area contributed by atoms with E-state index in [-0.39, 0.29) is 0 Å². The van der Waals surface area contributed by atoms with Gasteiger partial charge in [0.1, 0.15) is 0 Å². The van der Waals surface area contributed by atoms with Crippen molar-refractivity contribution in [3.63, 3.8) is 0 Å². The Kier molecular flexibility index (Phi) is 3.00. The van der Waals surface area contributed by atoms with Gasteiger partial charge in [0.25, 0.3) is 0 Å². The Bertz CT molecular complexity index is 392. The molecular weight excluding hydrogens is 182 g/mol. The van der Waals surface area contributed by atoms with Crippen LogP contribution in [0, 0.1) is 5.92 Å². The van der Waals surface area contributed by atoms with E-state index in [0.717, 1.165) is 18.7 Å². The lowest BCUT2D eigenvalue weighted by atomic mass is 10.1. The number of rotatable bonds is 2. The van der Waals surface area contributed by atoms with Crippen LogP contribution in [0.4, 0.5) is 0 Å². The first-order chi connectivity index (χ1) is 7.29. The van der Waals surface area contributed by atoms with Gasteiger partial charge < -0.3 is 0 Å². The van der Waals surface area contributed by atoms with Gasteiger partial charge in [0.2, 0.25) is 0 Å². The highest BCUT2D eigenvalue weighted by Gasteiger charge is 2.09. The zero-order valence-electron chi connectivity index (χ0n) is 9.40. The second kappa shape index (κ2) is 4.43. The molecule has 0 N–H and O–H groups in total. The molecule has 1 nitrogen and oxygen atoms in total. The van der Waals surface area contributed by atoms with Crippen molar-refractivity contribution in [1.82, 2.24) is 0 Å². The van der Waals surface area contributed by atoms with E-state index in [0.29, 0.717) is 5.92 Å². The lowest BCUT2D eigenvalue weighted by Crippen LogP contribution is -1.93. The quantitative estimate of drug-likeness (QED) is 0.645. The summed E-state index contributed by atoms with van der Waals surface area (Å²) in [5.74, 6) is 0.523. The number of hydrogen-bond donors (Lipinski definition) is 0. The molecule has 0 aromatic heterocycles. The van der Waals surface area contributed by atoms with Crippen LogP contribution in [0.25, 0.3) is 0 Å². The number of hydrogen-bond acceptors (Lipinski definition) is 1. The smallest absolute Gasteiger partial charge is 0.0650 e. The van der Waals surface area contributed by atoms with Crippen LogP contribution < -0.4 is 0 Å². The summed E-state index contributed by atoms with van der Waals surface area (Å²) in [5.41, 5.74) is 3.81. The second-order valence-corrected chi connectivity index (χ2v) is 4.08. The summed E-state index contributed by atoms with van der Waals surface area (Å²) in [4.78, 5) is 4.55. The molecule has 0 aromatic carbocycles. The highest BCUT2D eigenvalue weighted by molar-refractivity contribution is 6.12. The fourth-order valence-electron chi connectivity index (χ4n) is 1.74. The standard InChI is InChI=1S/C14H17N/c1-3-12-9-14(15-10-12)13-6-4-5-11(2)7-8-13/h4-9,11H,3,10H2,1-2H3. The second-order valence-electron chi connectivity index (χ2n) is 4.08. The zero-order chi connectivity index (χ0) is 10.7. The summed E-state index contributed by atoms with van der Waals surface area (Å²) in [6.45, 7) is 5.26. The summed E-state index contributed by atoms with van der Waals surface area (Å²) in [6.07, 6.45) is 14.2. The van der Waals surface area contributed by atoms with Gasteiger partial charge in [0, 0.05) is 0 Å². The molecule has 1 atom stereocenters. The molecule has 0 saturated carbocycles. The summed E-state index contributed by atoms with van der Waals surface area (Å²) >= 11 is 0. The van der Waals surface area contributed by atoms with Crippen LogP contribution in [0.2, 0.25) is 0 Å². The highest BCUT2D eigenvalue weighted by atomic mass is 14.8. The van der Waals surface area contributed by atoms with E-state index in [1.807, 2.05) is 0 Å². The molecule has 15 heavy (non-hydrogen) atoms. The van der Waals surface area contributed by atoms with E-state index < -0.39 is 0 Å². The van der Waals surface area contributed by atoms with Crippen molar-refractivity contribution in [2.24, 2.45) is 10.9 Å². The van der Waals surface area contributed by atoms with Crippen LogP contribution in [-0.4, -0.2) is 12.3 Å². The van der Waals surface area contributed by atoms with Crippen LogP contribution in [0.5, 0.6) is 0 Å². The van der Waals surface area contributed by atoms with Gasteiger partial charge in [-0.25, -0.2) is 0 Å². The Labute approximate surface area is 91.6 Å². The van der Waals surface area contributed by atoms with Crippen LogP contribution in [0.1, 0.15) is 20.3 Å². The minimum absolute atomic E-state index is 0.523. The fraction of sp³-hybridized carbons (Fsp3) is 0.357. The minimum atomic E-state index is 0.523. The van der Waals surface area contributed by atoms with Crippen molar-refractivity contribution in [1.29, 1.82) is 0 Å². The lowest BCUT2D eigenvalue weighted by Gasteiger charge is -1.97. The Morgan fingerprint density at radius 2 is 2.27 bits per heavy atom. The predicted octanol–water partition coefficient (Wildman–Crippen LogP) is 3.47. The van der Waals surface area contributed by atoms with Gasteiger partial charge in [-0.3, -0.25) is 4.99 Å². The van der Waals surface area contributed by atoms with Gasteiger partial charge >= 0.3 is 0 Å². The van der Waals surface area contributed by atoms with Gasteiger partial charge in [-0.1, -0.05) is 44.2 Å². The first kappa shape index (κ1) is 10.2. The third-order valence-corrected chi connectivity index (χ3v) is 2.81. The third kappa shape index (κ3) is 2.35. The molecule has 1 aliphatic heterocycles. The number of aliphatic imine (C=N–C) groups is 1. The molecule has 1 heteroatoms. The minimum Gasteiger partial charge on any atom is -0.280 e. The SMILES string of the molecule is CCC1=CC(C2=CC=CC(C)C=C2)=NC1. The normalized spacial score (nSPS) is 24.7. The highest BCUT2D eigenvalue weighted by Crippen LogP contribution is 2.17. The zero-order valence-corrected chi connectivity index (χ0v) is 9.40. The van der Waals surface area contributed by atoms with E-state index in [1.165, 1.54) is 11.1 Å². The van der Waals surface area contributed by atoms with Crippen molar-refractivity contribution in [3.8, 4) is 0 Å². The third-order valence-electron chi connectivity index (χ3n) is 2.81. The largest absolute Gasteiger partial charge is 0.280 e. The molecule has 0 aromatic rings. The first-order valence-corrected chi connectivity index (χ1v) is 5.60. The van der Waals surface area contributed by atoms with Crippen LogP contribution >= 0.6 is 0 Å². The summed E-state index contributed by atoms with van der Waals surface area (Å²) < 4.78 is 0. The summed E-state index contributed by atoms with van der Waals surface area (Å²) in [7, 11) is 0. The molecule has 1 unspecified atom stereocenters. The van der Waals surface area contributed by atoms with Gasteiger partial charge in [-0.05, 0) is 29.6 Å². The molecule has 1 heterocycles. The van der Waals surface area contributed by atoms with Crippen molar-refractivity contribution in [2.45, 2.75) is 20.3 Å². The Balaban J connectivity index is 2.19. The van der Waals surface area contributed by atoms with Crippen LogP contribution in [-0.2, 0) is 0 Å². The van der Waals surface area contributed by atoms with E-state index in [9.17, 15) is 0 Å². The summed E-state index contributed by atoms with van der Waals surface area (Å²) in [6, 6.07) is 0. The van der Waals surface area contributed by atoms with Crippen molar-refractivity contribution >= 4 is 5.71 Å². The van der Waals surface area contributed by atoms with Gasteiger partial charge in [0.15, 0.2) is 0 Å². The molecule has 2 aliphatic rings. The van der Waals surface area contributed by atoms with Crippen molar-refractivity contribution in [2.75, 3.05) is 6.54 Å². The van der Waals surface area contributed by atoms with Crippen molar-refractivity contribution in [3.05, 3.63) is 47.6 Å². The van der Waals surface area contributed by atoms with E-state index in [4.69, 9.17) is 0 Å². The van der Waals surface area contributed by atoms with E-state index >= 15 is 0 Å². The molecule has 0 bridgehead atoms. The van der Waals surface area contributed by atoms with Gasteiger partial charge in [-0.15, -0.1) is 0 Å². The average molecular weight is 199 g/mol. The molecule has 0 spiro atoms. The predicted molar refractivity (Wildman–Crippen MR) is 66.2 cm³/mol. The lowest BCUT2D eigenvalue weighted by molar-refractivity contribution is 0.942. The van der Waals surface area contributed by atoms with Crippen LogP contribution in [0.3, 0.4) is 0 Å². The summed E-state index contributed by atoms with van der Waals surface area (Å²) in [5, 5.41) is 0. The topological polar surface area (TPSA) is 12.4 Å². The average Bonchev–Trinajstić information content (AvgIpc) is 2.62. The van der Waals surface area contributed by atoms with E-state index in [1.54, 1.807) is 0 Å². The molecule has 0 radical (unpaired) electrons. The fourth-order valence-corrected chi connectivity index (χ4v) is 1.74. The Hall–Kier alpha value is -1.37. The van der Waals surface area contributed by atoms with Gasteiger partial charge in [-0.2, -0.15) is 0 Å². The van der Waals surface area contributed by atoms with E-state index in [2.05, 4.69) is 55.3 Å². The van der Waals surface area contributed by atoms with Gasteiger partial charge in [0.05, 0.1) is 12.3 Å². The number of allylic oxidation sites excluding steroid dienone is 7. The Morgan fingerprint density at radius 1 is 1.40 bits per heavy atom. The maximum Gasteiger partial charge on any atom is 0.0650 e. The molecular formula is C14H17N. The molecule has 0 saturated heterocycles. The molecule has 1 aliphatic carbocycles. The Morgan fingerprint density at radius 3 is 3.00 bits per heavy atom. The van der Waals surface area contributed by atoms with Crippen molar-refractivity contribution < 1.29 is 0 Å². The number of nitrogens with zero attached hydrogens (tertiary/aromatic N) is 1. The molecule has 0 fully saturated rings. The molecule has 2 rings (SSSR count). The first-order valence-electron chi connectivity index (χ1n) is 5.60. The van der Waals surface area contributed by atoms with Crippen LogP contribution in [0.15, 0.2) is 52.6 Å². The molecule has 78 valence electrons. The maximum atomic E-state index is 4.55. The monoisotopic (exact) mass is 199 g/mol. The molecule has 0 amide bonds.